The van der Waals surface area contributed by atoms with E-state index in [0.717, 1.165) is 9.87 Å². The van der Waals surface area contributed by atoms with E-state index < -0.39 is 15.9 Å². The largest absolute Gasteiger partial charge is 0.383 e. The monoisotopic (exact) mass is 376 g/mol. The zero-order chi connectivity index (χ0) is 19.2. The molecule has 2 rings (SSSR count). The Hall–Kier alpha value is -2.38. The molecule has 1 atom stereocenters. The Morgan fingerprint density at radius 2 is 1.73 bits per heavy atom. The highest BCUT2D eigenvalue weighted by Crippen LogP contribution is 2.23. The average molecular weight is 376 g/mol. The minimum atomic E-state index is -3.87. The first kappa shape index (κ1) is 19.9. The van der Waals surface area contributed by atoms with Gasteiger partial charge in [-0.15, -0.1) is 0 Å². The summed E-state index contributed by atoms with van der Waals surface area (Å²) in [5.41, 5.74) is 1.39. The van der Waals surface area contributed by atoms with Crippen LogP contribution in [0.15, 0.2) is 59.5 Å². The Bertz CT molecular complexity index is 820. The molecule has 0 radical (unpaired) electrons. The van der Waals surface area contributed by atoms with Gasteiger partial charge in [-0.2, -0.15) is 0 Å². The van der Waals surface area contributed by atoms with Crippen LogP contribution in [0.4, 0.5) is 5.69 Å². The number of anilines is 1. The molecule has 0 saturated carbocycles. The van der Waals surface area contributed by atoms with Gasteiger partial charge in [-0.05, 0) is 38.1 Å². The molecule has 26 heavy (non-hydrogen) atoms. The van der Waals surface area contributed by atoms with E-state index in [2.05, 4.69) is 5.32 Å². The van der Waals surface area contributed by atoms with Crippen LogP contribution in [0.5, 0.6) is 0 Å². The van der Waals surface area contributed by atoms with Gasteiger partial charge in [-0.3, -0.25) is 9.10 Å². The van der Waals surface area contributed by atoms with Gasteiger partial charge in [0, 0.05) is 13.2 Å². The fourth-order valence-electron chi connectivity index (χ4n) is 2.49. The summed E-state index contributed by atoms with van der Waals surface area (Å²) in [6, 6.07) is 14.9. The van der Waals surface area contributed by atoms with Crippen LogP contribution in [0.3, 0.4) is 0 Å². The van der Waals surface area contributed by atoms with Crippen molar-refractivity contribution >= 4 is 21.6 Å². The second-order valence-corrected chi connectivity index (χ2v) is 7.95. The molecule has 0 aliphatic heterocycles. The molecule has 0 aromatic heterocycles. The van der Waals surface area contributed by atoms with Gasteiger partial charge in [-0.1, -0.05) is 35.9 Å². The Labute approximate surface area is 154 Å². The third-order valence-corrected chi connectivity index (χ3v) is 5.55. The summed E-state index contributed by atoms with van der Waals surface area (Å²) in [7, 11) is -2.33. The first-order chi connectivity index (χ1) is 12.3. The number of benzene rings is 2. The Kier molecular flexibility index (Phi) is 6.76. The molecule has 6 nitrogen and oxygen atoms in total. The minimum absolute atomic E-state index is 0.143. The maximum absolute atomic E-state index is 13.1. The van der Waals surface area contributed by atoms with E-state index in [0.29, 0.717) is 12.3 Å². The molecule has 140 valence electrons. The van der Waals surface area contributed by atoms with Gasteiger partial charge in [0.25, 0.3) is 10.0 Å². The number of para-hydroxylation sites is 1. The lowest BCUT2D eigenvalue weighted by Crippen LogP contribution is -2.44. The number of carbonyl (C=O) groups excluding carboxylic acids is 1. The summed E-state index contributed by atoms with van der Waals surface area (Å²) >= 11 is 0. The van der Waals surface area contributed by atoms with Crippen molar-refractivity contribution in [2.24, 2.45) is 0 Å². The van der Waals surface area contributed by atoms with Crippen LogP contribution in [-0.4, -0.2) is 40.6 Å². The Morgan fingerprint density at radius 1 is 1.12 bits per heavy atom. The highest BCUT2D eigenvalue weighted by Gasteiger charge is 2.27. The average Bonchev–Trinajstić information content (AvgIpc) is 2.61. The molecule has 0 bridgehead atoms. The van der Waals surface area contributed by atoms with Crippen molar-refractivity contribution in [1.82, 2.24) is 5.32 Å². The van der Waals surface area contributed by atoms with Crippen molar-refractivity contribution in [3.63, 3.8) is 0 Å². The van der Waals surface area contributed by atoms with Crippen LogP contribution in [0.1, 0.15) is 12.5 Å². The summed E-state index contributed by atoms with van der Waals surface area (Å²) in [5.74, 6) is -0.394. The fraction of sp³-hybridized carbons (Fsp3) is 0.316. The summed E-state index contributed by atoms with van der Waals surface area (Å²) in [4.78, 5) is 12.5. The third kappa shape index (κ3) is 5.06. The predicted octanol–water partition coefficient (Wildman–Crippen LogP) is 2.34. The number of nitrogens with one attached hydrogen (secondary N) is 1. The molecular formula is C19H24N2O4S. The zero-order valence-electron chi connectivity index (χ0n) is 15.2. The predicted molar refractivity (Wildman–Crippen MR) is 102 cm³/mol. The third-order valence-electron chi connectivity index (χ3n) is 3.76. The number of amides is 1. The Morgan fingerprint density at radius 3 is 2.31 bits per heavy atom. The second-order valence-electron chi connectivity index (χ2n) is 6.08. The lowest BCUT2D eigenvalue weighted by Gasteiger charge is -2.25. The van der Waals surface area contributed by atoms with Crippen LogP contribution in [-0.2, 0) is 19.6 Å². The highest BCUT2D eigenvalue weighted by atomic mass is 32.2. The summed E-state index contributed by atoms with van der Waals surface area (Å²) in [6.07, 6.45) is 0. The van der Waals surface area contributed by atoms with Crippen molar-refractivity contribution in [1.29, 1.82) is 0 Å². The molecule has 0 aliphatic carbocycles. The normalized spacial score (nSPS) is 12.4. The molecule has 0 unspecified atom stereocenters. The number of ether oxygens (including phenoxy) is 1. The number of methoxy groups -OCH3 is 1. The van der Waals surface area contributed by atoms with E-state index >= 15 is 0 Å². The van der Waals surface area contributed by atoms with Crippen molar-refractivity contribution in [3.05, 3.63) is 60.2 Å². The molecule has 0 heterocycles. The van der Waals surface area contributed by atoms with Crippen molar-refractivity contribution < 1.29 is 17.9 Å². The first-order valence-electron chi connectivity index (χ1n) is 8.27. The maximum Gasteiger partial charge on any atom is 0.264 e. The van der Waals surface area contributed by atoms with Crippen LogP contribution < -0.4 is 9.62 Å². The van der Waals surface area contributed by atoms with Gasteiger partial charge >= 0.3 is 0 Å². The first-order valence-corrected chi connectivity index (χ1v) is 9.71. The lowest BCUT2D eigenvalue weighted by atomic mass is 10.2. The topological polar surface area (TPSA) is 75.7 Å². The van der Waals surface area contributed by atoms with E-state index in [4.69, 9.17) is 4.74 Å². The smallest absolute Gasteiger partial charge is 0.264 e. The van der Waals surface area contributed by atoms with E-state index in [1.165, 1.54) is 0 Å². The number of sulfonamides is 1. The number of rotatable bonds is 8. The molecule has 0 spiro atoms. The molecular weight excluding hydrogens is 352 g/mol. The van der Waals surface area contributed by atoms with Gasteiger partial charge in [0.1, 0.15) is 6.54 Å². The van der Waals surface area contributed by atoms with Gasteiger partial charge in [0.05, 0.1) is 17.2 Å². The van der Waals surface area contributed by atoms with Crippen LogP contribution in [0, 0.1) is 6.92 Å². The second kappa shape index (κ2) is 8.82. The van der Waals surface area contributed by atoms with Gasteiger partial charge < -0.3 is 10.1 Å². The van der Waals surface area contributed by atoms with Gasteiger partial charge in [0.15, 0.2) is 0 Å². The number of aryl methyl sites for hydroxylation is 1. The van der Waals surface area contributed by atoms with E-state index in [-0.39, 0.29) is 17.5 Å². The maximum atomic E-state index is 13.1. The van der Waals surface area contributed by atoms with E-state index in [9.17, 15) is 13.2 Å². The number of nitrogens with zero attached hydrogens (tertiary/aromatic N) is 1. The summed E-state index contributed by atoms with van der Waals surface area (Å²) in [6.45, 7) is 3.72. The van der Waals surface area contributed by atoms with Crippen molar-refractivity contribution in [3.8, 4) is 0 Å². The Balaban J connectivity index is 2.33. The number of carbonyl (C=O) groups is 1. The fourth-order valence-corrected chi connectivity index (χ4v) is 3.91. The van der Waals surface area contributed by atoms with Crippen LogP contribution in [0.2, 0.25) is 0 Å². The standard InChI is InChI=1S/C19H24N2O4S/c1-15-9-11-18(12-10-15)26(23,24)21(17-7-5-4-6-8-17)13-19(22)20-16(2)14-25-3/h4-12,16H,13-14H2,1-3H3,(H,20,22)/t16-/m1/s1. The van der Waals surface area contributed by atoms with E-state index in [1.807, 2.05) is 6.92 Å². The number of hydrogen-bond donors (Lipinski definition) is 1. The molecule has 0 fully saturated rings. The molecule has 0 aliphatic rings. The molecule has 7 heteroatoms. The number of hydrogen-bond acceptors (Lipinski definition) is 4. The lowest BCUT2D eigenvalue weighted by molar-refractivity contribution is -0.120. The van der Waals surface area contributed by atoms with Crippen molar-refractivity contribution in [2.45, 2.75) is 24.8 Å². The van der Waals surface area contributed by atoms with Gasteiger partial charge in [-0.25, -0.2) is 8.42 Å². The minimum Gasteiger partial charge on any atom is -0.383 e. The SMILES string of the molecule is COC[C@@H](C)NC(=O)CN(c1ccccc1)S(=O)(=O)c1ccc(C)cc1. The molecule has 0 saturated heterocycles. The van der Waals surface area contributed by atoms with Gasteiger partial charge in [0.2, 0.25) is 5.91 Å². The van der Waals surface area contributed by atoms with E-state index in [1.54, 1.807) is 68.6 Å². The molecule has 1 amide bonds. The van der Waals surface area contributed by atoms with Crippen molar-refractivity contribution in [2.75, 3.05) is 24.6 Å². The molecule has 1 N–H and O–H groups in total. The quantitative estimate of drug-likeness (QED) is 0.767. The highest BCUT2D eigenvalue weighted by molar-refractivity contribution is 7.92. The van der Waals surface area contributed by atoms with Crippen LogP contribution >= 0.6 is 0 Å². The summed E-state index contributed by atoms with van der Waals surface area (Å²) < 4.78 is 32.3. The van der Waals surface area contributed by atoms with Crippen LogP contribution in [0.25, 0.3) is 0 Å². The molecule has 2 aromatic carbocycles. The zero-order valence-corrected chi connectivity index (χ0v) is 16.0. The summed E-state index contributed by atoms with van der Waals surface area (Å²) in [5, 5.41) is 2.74. The molecule has 2 aromatic rings.